The minimum atomic E-state index is 0.645. The standard InChI is InChI=1S/C18H22N2S/c1-2-11-20(16-9-7-15(19)8-10-16)13-17-12-14-5-3-4-6-18(14)21-17/h3-10,17H,2,11-13,19H2,1H3. The van der Waals surface area contributed by atoms with Crippen molar-refractivity contribution in [3.8, 4) is 0 Å². The summed E-state index contributed by atoms with van der Waals surface area (Å²) in [5.74, 6) is 0. The van der Waals surface area contributed by atoms with Crippen LogP contribution in [0.4, 0.5) is 11.4 Å². The molecule has 2 N–H and O–H groups in total. The Bertz CT molecular complexity index is 569. The predicted octanol–water partition coefficient (Wildman–Crippen LogP) is 4.20. The van der Waals surface area contributed by atoms with E-state index in [4.69, 9.17) is 5.73 Å². The Morgan fingerprint density at radius 2 is 1.90 bits per heavy atom. The number of benzene rings is 2. The maximum Gasteiger partial charge on any atom is 0.0368 e. The normalized spacial score (nSPS) is 16.7. The SMILES string of the molecule is CCCN(CC1Cc2ccccc2S1)c1ccc(N)cc1. The van der Waals surface area contributed by atoms with Crippen molar-refractivity contribution >= 4 is 23.1 Å². The van der Waals surface area contributed by atoms with Gasteiger partial charge in [0.05, 0.1) is 0 Å². The molecule has 1 heterocycles. The van der Waals surface area contributed by atoms with E-state index in [2.05, 4.69) is 48.2 Å². The molecule has 3 heteroatoms. The number of hydrogen-bond donors (Lipinski definition) is 1. The molecule has 0 bridgehead atoms. The van der Waals surface area contributed by atoms with E-state index < -0.39 is 0 Å². The lowest BCUT2D eigenvalue weighted by atomic mass is 10.1. The molecule has 21 heavy (non-hydrogen) atoms. The second kappa shape index (κ2) is 6.44. The van der Waals surface area contributed by atoms with Crippen LogP contribution in [-0.2, 0) is 6.42 Å². The van der Waals surface area contributed by atoms with Gasteiger partial charge in [-0.15, -0.1) is 11.8 Å². The van der Waals surface area contributed by atoms with E-state index in [0.717, 1.165) is 25.2 Å². The summed E-state index contributed by atoms with van der Waals surface area (Å²) in [4.78, 5) is 3.94. The minimum Gasteiger partial charge on any atom is -0.399 e. The molecule has 1 aliphatic rings. The predicted molar refractivity (Wildman–Crippen MR) is 93.1 cm³/mol. The van der Waals surface area contributed by atoms with Crippen LogP contribution in [-0.4, -0.2) is 18.3 Å². The molecule has 1 aliphatic heterocycles. The highest BCUT2D eigenvalue weighted by Crippen LogP contribution is 2.37. The van der Waals surface area contributed by atoms with Crippen LogP contribution in [0.2, 0.25) is 0 Å². The Kier molecular flexibility index (Phi) is 4.39. The number of hydrogen-bond acceptors (Lipinski definition) is 3. The molecule has 1 unspecified atom stereocenters. The summed E-state index contributed by atoms with van der Waals surface area (Å²) in [6, 6.07) is 17.0. The number of nitrogen functional groups attached to an aromatic ring is 1. The molecular weight excluding hydrogens is 276 g/mol. The monoisotopic (exact) mass is 298 g/mol. The van der Waals surface area contributed by atoms with E-state index in [1.807, 2.05) is 23.9 Å². The van der Waals surface area contributed by atoms with Gasteiger partial charge in [0.25, 0.3) is 0 Å². The molecule has 2 nitrogen and oxygen atoms in total. The second-order valence-corrected chi connectivity index (χ2v) is 6.93. The van der Waals surface area contributed by atoms with Gasteiger partial charge in [-0.3, -0.25) is 0 Å². The van der Waals surface area contributed by atoms with Gasteiger partial charge in [-0.25, -0.2) is 0 Å². The minimum absolute atomic E-state index is 0.645. The van der Waals surface area contributed by atoms with Crippen LogP contribution in [0.5, 0.6) is 0 Å². The first-order chi connectivity index (χ1) is 10.3. The molecule has 0 fully saturated rings. The maximum atomic E-state index is 5.80. The Morgan fingerprint density at radius 3 is 2.62 bits per heavy atom. The van der Waals surface area contributed by atoms with Gasteiger partial charge in [-0.1, -0.05) is 25.1 Å². The van der Waals surface area contributed by atoms with Crippen molar-refractivity contribution in [1.82, 2.24) is 0 Å². The van der Waals surface area contributed by atoms with E-state index in [1.165, 1.54) is 22.6 Å². The number of anilines is 2. The van der Waals surface area contributed by atoms with Gasteiger partial charge in [0, 0.05) is 34.6 Å². The zero-order chi connectivity index (χ0) is 14.7. The topological polar surface area (TPSA) is 29.3 Å². The van der Waals surface area contributed by atoms with E-state index in [-0.39, 0.29) is 0 Å². The fraction of sp³-hybridized carbons (Fsp3) is 0.333. The largest absolute Gasteiger partial charge is 0.399 e. The average Bonchev–Trinajstić information content (AvgIpc) is 2.90. The van der Waals surface area contributed by atoms with Crippen molar-refractivity contribution in [2.45, 2.75) is 29.9 Å². The molecule has 110 valence electrons. The van der Waals surface area contributed by atoms with Crippen molar-refractivity contribution in [2.24, 2.45) is 0 Å². The van der Waals surface area contributed by atoms with Crippen molar-refractivity contribution in [3.05, 3.63) is 54.1 Å². The van der Waals surface area contributed by atoms with Gasteiger partial charge in [0.1, 0.15) is 0 Å². The second-order valence-electron chi connectivity index (χ2n) is 5.59. The van der Waals surface area contributed by atoms with Crippen LogP contribution in [0, 0.1) is 0 Å². The highest BCUT2D eigenvalue weighted by atomic mass is 32.2. The first-order valence-corrected chi connectivity index (χ1v) is 8.49. The molecule has 2 aromatic carbocycles. The lowest BCUT2D eigenvalue weighted by Crippen LogP contribution is -2.31. The lowest BCUT2D eigenvalue weighted by Gasteiger charge is -2.27. The van der Waals surface area contributed by atoms with E-state index in [9.17, 15) is 0 Å². The maximum absolute atomic E-state index is 5.80. The molecule has 0 saturated heterocycles. The number of thioether (sulfide) groups is 1. The first-order valence-electron chi connectivity index (χ1n) is 7.61. The molecule has 0 aromatic heterocycles. The van der Waals surface area contributed by atoms with Gasteiger partial charge >= 0.3 is 0 Å². The molecule has 0 amide bonds. The van der Waals surface area contributed by atoms with Crippen LogP contribution in [0.25, 0.3) is 0 Å². The van der Waals surface area contributed by atoms with Crippen molar-refractivity contribution < 1.29 is 0 Å². The summed E-state index contributed by atoms with van der Waals surface area (Å²) >= 11 is 2.02. The molecule has 1 atom stereocenters. The molecule has 0 spiro atoms. The van der Waals surface area contributed by atoms with E-state index in [0.29, 0.717) is 5.25 Å². The fourth-order valence-corrected chi connectivity index (χ4v) is 4.22. The number of nitrogens with two attached hydrogens (primary N) is 1. The Hall–Kier alpha value is -1.61. The Morgan fingerprint density at radius 1 is 1.14 bits per heavy atom. The Labute approximate surface area is 131 Å². The number of nitrogens with zero attached hydrogens (tertiary/aromatic N) is 1. The third-order valence-corrected chi connectivity index (χ3v) is 5.19. The Balaban J connectivity index is 1.70. The third-order valence-electron chi connectivity index (χ3n) is 3.89. The summed E-state index contributed by atoms with van der Waals surface area (Å²) < 4.78 is 0. The first kappa shape index (κ1) is 14.3. The van der Waals surface area contributed by atoms with Crippen LogP contribution in [0.1, 0.15) is 18.9 Å². The summed E-state index contributed by atoms with van der Waals surface area (Å²) in [7, 11) is 0. The highest BCUT2D eigenvalue weighted by Gasteiger charge is 2.23. The van der Waals surface area contributed by atoms with Crippen molar-refractivity contribution in [3.63, 3.8) is 0 Å². The average molecular weight is 298 g/mol. The van der Waals surface area contributed by atoms with Crippen molar-refractivity contribution in [2.75, 3.05) is 23.7 Å². The smallest absolute Gasteiger partial charge is 0.0368 e. The third kappa shape index (κ3) is 3.35. The summed E-state index contributed by atoms with van der Waals surface area (Å²) in [6.45, 7) is 4.43. The summed E-state index contributed by atoms with van der Waals surface area (Å²) in [5, 5.41) is 0.645. The van der Waals surface area contributed by atoms with E-state index in [1.54, 1.807) is 0 Å². The number of fused-ring (bicyclic) bond motifs is 1. The molecular formula is C18H22N2S. The summed E-state index contributed by atoms with van der Waals surface area (Å²) in [6.07, 6.45) is 2.34. The highest BCUT2D eigenvalue weighted by molar-refractivity contribution is 8.00. The van der Waals surface area contributed by atoms with Gasteiger partial charge in [-0.05, 0) is 48.7 Å². The summed E-state index contributed by atoms with van der Waals surface area (Å²) in [5.41, 5.74) is 9.41. The molecule has 0 radical (unpaired) electrons. The van der Waals surface area contributed by atoms with Gasteiger partial charge in [0.15, 0.2) is 0 Å². The number of rotatable bonds is 5. The van der Waals surface area contributed by atoms with Crippen LogP contribution in [0.3, 0.4) is 0 Å². The fourth-order valence-electron chi connectivity index (χ4n) is 2.88. The quantitative estimate of drug-likeness (QED) is 0.839. The van der Waals surface area contributed by atoms with Crippen LogP contribution >= 0.6 is 11.8 Å². The van der Waals surface area contributed by atoms with Gasteiger partial charge in [0.2, 0.25) is 0 Å². The zero-order valence-electron chi connectivity index (χ0n) is 12.5. The zero-order valence-corrected chi connectivity index (χ0v) is 13.3. The van der Waals surface area contributed by atoms with Crippen LogP contribution < -0.4 is 10.6 Å². The van der Waals surface area contributed by atoms with Crippen molar-refractivity contribution in [1.29, 1.82) is 0 Å². The lowest BCUT2D eigenvalue weighted by molar-refractivity contribution is 0.731. The molecule has 3 rings (SSSR count). The molecule has 0 saturated carbocycles. The van der Waals surface area contributed by atoms with Gasteiger partial charge in [-0.2, -0.15) is 0 Å². The van der Waals surface area contributed by atoms with Gasteiger partial charge < -0.3 is 10.6 Å². The molecule has 2 aromatic rings. The van der Waals surface area contributed by atoms with Crippen LogP contribution in [0.15, 0.2) is 53.4 Å². The molecule has 0 aliphatic carbocycles. The van der Waals surface area contributed by atoms with E-state index >= 15 is 0 Å².